The Morgan fingerprint density at radius 1 is 1.05 bits per heavy atom. The first-order valence-corrected chi connectivity index (χ1v) is 11.9. The van der Waals surface area contributed by atoms with E-state index in [2.05, 4.69) is 0 Å². The highest BCUT2D eigenvalue weighted by Gasteiger charge is 2.18. The van der Waals surface area contributed by atoms with Crippen molar-refractivity contribution in [3.8, 4) is 28.6 Å². The number of unbranched alkanes of at least 4 members (excludes halogenated alkanes) is 2. The highest BCUT2D eigenvalue weighted by Crippen LogP contribution is 2.30. The minimum absolute atomic E-state index is 0.116. The summed E-state index contributed by atoms with van der Waals surface area (Å²) in [4.78, 5) is 40.7. The van der Waals surface area contributed by atoms with Crippen LogP contribution >= 0.6 is 0 Å². The van der Waals surface area contributed by atoms with Gasteiger partial charge in [0, 0.05) is 61.0 Å². The molecule has 0 amide bonds. The van der Waals surface area contributed by atoms with Gasteiger partial charge in [-0.3, -0.25) is 4.79 Å². The van der Waals surface area contributed by atoms with Crippen molar-refractivity contribution in [3.05, 3.63) is 70.6 Å². The number of pyridine rings is 1. The minimum atomic E-state index is -0.740. The van der Waals surface area contributed by atoms with E-state index in [1.807, 2.05) is 17.0 Å². The number of nitrogens with zero attached hydrogens (tertiary/aromatic N) is 2. The van der Waals surface area contributed by atoms with Gasteiger partial charge >= 0.3 is 17.6 Å². The maximum Gasteiger partial charge on any atom is 0.344 e. The van der Waals surface area contributed by atoms with Gasteiger partial charge in [-0.25, -0.2) is 18.5 Å². The molecule has 0 saturated carbocycles. The Hall–Kier alpha value is -4.67. The molecule has 0 unspecified atom stereocenters. The van der Waals surface area contributed by atoms with Crippen LogP contribution in [0.3, 0.4) is 0 Å². The van der Waals surface area contributed by atoms with E-state index in [1.54, 1.807) is 19.1 Å². The Morgan fingerprint density at radius 3 is 2.39 bits per heavy atom. The van der Waals surface area contributed by atoms with Crippen LogP contribution in [0.2, 0.25) is 0 Å². The SMILES string of the molecule is CC(=O)Oc1cc2oc(=O)c(-c3cc[n+](CCCCCC(=O)On4c(O)ccc4O)cc3)c(C)c2cc1F. The molecular formula is C27H26FN2O8+. The quantitative estimate of drug-likeness (QED) is 0.112. The lowest BCUT2D eigenvalue weighted by atomic mass is 10.0. The summed E-state index contributed by atoms with van der Waals surface area (Å²) in [6.45, 7) is 3.52. The standard InChI is InChI=1S/C27H25FN2O8/c1-16-19-14-20(28)22(36-17(2)31)15-21(19)37-27(35)26(16)18-9-12-29(13-10-18)11-5-3-4-6-25(34)38-30-23(32)7-8-24(30)33/h7-10,12-15H,3-6,11H2,1-2H3,(H-,32,33)/p+1. The first-order chi connectivity index (χ1) is 18.1. The maximum absolute atomic E-state index is 14.4. The Bertz CT molecular complexity index is 1540. The van der Waals surface area contributed by atoms with Crippen molar-refractivity contribution in [1.82, 2.24) is 4.73 Å². The van der Waals surface area contributed by atoms with Gasteiger partial charge in [0.15, 0.2) is 24.0 Å². The van der Waals surface area contributed by atoms with E-state index in [0.717, 1.165) is 19.8 Å². The predicted molar refractivity (Wildman–Crippen MR) is 132 cm³/mol. The Kier molecular flexibility index (Phi) is 7.75. The van der Waals surface area contributed by atoms with Gasteiger partial charge in [0.1, 0.15) is 12.1 Å². The average Bonchev–Trinajstić information content (AvgIpc) is 3.17. The molecule has 1 aromatic carbocycles. The van der Waals surface area contributed by atoms with Crippen molar-refractivity contribution in [2.24, 2.45) is 0 Å². The molecule has 11 heteroatoms. The highest BCUT2D eigenvalue weighted by atomic mass is 19.1. The van der Waals surface area contributed by atoms with Gasteiger partial charge in [-0.15, -0.1) is 4.73 Å². The van der Waals surface area contributed by atoms with Crippen molar-refractivity contribution in [2.45, 2.75) is 46.1 Å². The summed E-state index contributed by atoms with van der Waals surface area (Å²) in [6, 6.07) is 8.32. The van der Waals surface area contributed by atoms with Gasteiger partial charge in [-0.2, -0.15) is 0 Å². The molecule has 0 aliphatic carbocycles. The number of hydrogen-bond acceptors (Lipinski definition) is 8. The molecule has 0 fully saturated rings. The lowest BCUT2D eigenvalue weighted by molar-refractivity contribution is -0.697. The molecule has 2 N–H and O–H groups in total. The second kappa shape index (κ2) is 11.2. The second-order valence-electron chi connectivity index (χ2n) is 8.70. The lowest BCUT2D eigenvalue weighted by Gasteiger charge is -2.10. The summed E-state index contributed by atoms with van der Waals surface area (Å²) in [5, 5.41) is 19.4. The first kappa shape index (κ1) is 26.4. The fourth-order valence-electron chi connectivity index (χ4n) is 4.07. The van der Waals surface area contributed by atoms with E-state index in [1.165, 1.54) is 24.3 Å². The largest absolute Gasteiger partial charge is 0.492 e. The van der Waals surface area contributed by atoms with Crippen molar-refractivity contribution in [2.75, 3.05) is 0 Å². The van der Waals surface area contributed by atoms with Crippen LogP contribution in [0.5, 0.6) is 17.5 Å². The van der Waals surface area contributed by atoms with E-state index < -0.39 is 23.4 Å². The van der Waals surface area contributed by atoms with Gasteiger partial charge in [-0.05, 0) is 31.4 Å². The van der Waals surface area contributed by atoms with Crippen LogP contribution in [0.4, 0.5) is 4.39 Å². The number of hydrogen-bond donors (Lipinski definition) is 2. The molecule has 0 aliphatic rings. The summed E-state index contributed by atoms with van der Waals surface area (Å²) < 4.78 is 27.3. The van der Waals surface area contributed by atoms with Crippen molar-refractivity contribution in [1.29, 1.82) is 0 Å². The second-order valence-corrected chi connectivity index (χ2v) is 8.70. The molecule has 38 heavy (non-hydrogen) atoms. The Balaban J connectivity index is 1.36. The number of esters is 1. The zero-order valence-electron chi connectivity index (χ0n) is 20.8. The van der Waals surface area contributed by atoms with E-state index >= 15 is 0 Å². The number of aromatic nitrogens is 2. The summed E-state index contributed by atoms with van der Waals surface area (Å²) in [7, 11) is 0. The number of rotatable bonds is 9. The molecule has 0 saturated heterocycles. The summed E-state index contributed by atoms with van der Waals surface area (Å²) in [5.41, 5.74) is 0.976. The molecule has 3 heterocycles. The van der Waals surface area contributed by atoms with Crippen LogP contribution in [0.25, 0.3) is 22.1 Å². The van der Waals surface area contributed by atoms with Crippen LogP contribution in [0, 0.1) is 12.7 Å². The molecule has 0 radical (unpaired) electrons. The van der Waals surface area contributed by atoms with Gasteiger partial charge in [0.05, 0.1) is 5.56 Å². The number of benzene rings is 1. The van der Waals surface area contributed by atoms with Crippen LogP contribution in [0.1, 0.15) is 38.2 Å². The third-order valence-corrected chi connectivity index (χ3v) is 5.94. The van der Waals surface area contributed by atoms with Crippen LogP contribution in [0.15, 0.2) is 58.0 Å². The Labute approximate surface area is 216 Å². The van der Waals surface area contributed by atoms with Gasteiger partial charge in [-0.1, -0.05) is 0 Å². The number of aromatic hydroxyl groups is 2. The molecule has 0 spiro atoms. The average molecular weight is 526 g/mol. The fourth-order valence-corrected chi connectivity index (χ4v) is 4.07. The number of fused-ring (bicyclic) bond motifs is 1. The molecule has 4 aromatic rings. The Morgan fingerprint density at radius 2 is 1.74 bits per heavy atom. The van der Waals surface area contributed by atoms with Gasteiger partial charge in [0.25, 0.3) is 0 Å². The van der Waals surface area contributed by atoms with Crippen molar-refractivity contribution >= 4 is 22.9 Å². The monoisotopic (exact) mass is 525 g/mol. The molecule has 198 valence electrons. The molecule has 0 bridgehead atoms. The smallest absolute Gasteiger partial charge is 0.344 e. The van der Waals surface area contributed by atoms with E-state index in [0.29, 0.717) is 39.8 Å². The summed E-state index contributed by atoms with van der Waals surface area (Å²) in [5.74, 6) is -3.04. The summed E-state index contributed by atoms with van der Waals surface area (Å²) >= 11 is 0. The zero-order valence-corrected chi connectivity index (χ0v) is 20.8. The number of halogens is 1. The van der Waals surface area contributed by atoms with Crippen LogP contribution < -0.4 is 19.8 Å². The third kappa shape index (κ3) is 5.83. The fraction of sp³-hybridized carbons (Fsp3) is 0.259. The van der Waals surface area contributed by atoms with Crippen molar-refractivity contribution in [3.63, 3.8) is 0 Å². The number of carbonyl (C=O) groups is 2. The number of carbonyl (C=O) groups excluding carboxylic acids is 2. The molecule has 0 aliphatic heterocycles. The van der Waals surface area contributed by atoms with Crippen LogP contribution in [-0.2, 0) is 16.1 Å². The third-order valence-electron chi connectivity index (χ3n) is 5.94. The lowest BCUT2D eigenvalue weighted by Crippen LogP contribution is -2.32. The maximum atomic E-state index is 14.4. The first-order valence-electron chi connectivity index (χ1n) is 11.9. The molecule has 10 nitrogen and oxygen atoms in total. The number of aryl methyl sites for hydroxylation is 2. The minimum Gasteiger partial charge on any atom is -0.492 e. The predicted octanol–water partition coefficient (Wildman–Crippen LogP) is 3.55. The normalized spacial score (nSPS) is 11.0. The van der Waals surface area contributed by atoms with E-state index in [9.17, 15) is 29.0 Å². The molecule has 3 aromatic heterocycles. The highest BCUT2D eigenvalue weighted by molar-refractivity contribution is 5.88. The van der Waals surface area contributed by atoms with Gasteiger partial charge in [0.2, 0.25) is 11.8 Å². The van der Waals surface area contributed by atoms with E-state index in [4.69, 9.17) is 14.0 Å². The van der Waals surface area contributed by atoms with Crippen LogP contribution in [-0.4, -0.2) is 26.9 Å². The molecule has 4 rings (SSSR count). The van der Waals surface area contributed by atoms with E-state index in [-0.39, 0.29) is 29.5 Å². The zero-order chi connectivity index (χ0) is 27.4. The molecule has 0 atom stereocenters. The van der Waals surface area contributed by atoms with Crippen molar-refractivity contribution < 1.29 is 42.8 Å². The number of ether oxygens (including phenoxy) is 1. The molecular weight excluding hydrogens is 499 g/mol. The topological polar surface area (TPSA) is 132 Å². The summed E-state index contributed by atoms with van der Waals surface area (Å²) in [6.07, 6.45) is 5.83. The van der Waals surface area contributed by atoms with Gasteiger partial charge < -0.3 is 24.2 Å².